The first-order valence-electron chi connectivity index (χ1n) is 8.94. The zero-order valence-electron chi connectivity index (χ0n) is 15.6. The molecule has 2 aromatic heterocycles. The van der Waals surface area contributed by atoms with E-state index in [4.69, 9.17) is 4.52 Å². The van der Waals surface area contributed by atoms with Gasteiger partial charge in [0.2, 0.25) is 5.91 Å². The fourth-order valence-electron chi connectivity index (χ4n) is 2.94. The van der Waals surface area contributed by atoms with Crippen molar-refractivity contribution in [2.24, 2.45) is 0 Å². The highest BCUT2D eigenvalue weighted by atomic mass is 16.5. The Labute approximate surface area is 157 Å². The van der Waals surface area contributed by atoms with Crippen molar-refractivity contribution >= 4 is 5.91 Å². The highest BCUT2D eigenvalue weighted by Gasteiger charge is 2.11. The third kappa shape index (κ3) is 4.94. The molecule has 0 aliphatic carbocycles. The normalized spacial score (nSPS) is 10.7. The summed E-state index contributed by atoms with van der Waals surface area (Å²) >= 11 is 0. The number of aryl methyl sites for hydroxylation is 2. The quantitative estimate of drug-likeness (QED) is 0.698. The fourth-order valence-corrected chi connectivity index (χ4v) is 2.94. The van der Waals surface area contributed by atoms with Gasteiger partial charge in [-0.15, -0.1) is 0 Å². The zero-order valence-corrected chi connectivity index (χ0v) is 15.6. The maximum atomic E-state index is 12.1. The molecule has 0 atom stereocenters. The largest absolute Gasteiger partial charge is 0.361 e. The van der Waals surface area contributed by atoms with Crippen molar-refractivity contribution in [2.75, 3.05) is 0 Å². The van der Waals surface area contributed by atoms with Crippen LogP contribution in [0.15, 0.2) is 58.0 Å². The first kappa shape index (κ1) is 18.6. The van der Waals surface area contributed by atoms with Crippen molar-refractivity contribution in [3.63, 3.8) is 0 Å². The lowest BCUT2D eigenvalue weighted by Gasteiger charge is -2.08. The van der Waals surface area contributed by atoms with Gasteiger partial charge in [0.25, 0.3) is 5.56 Å². The topological polar surface area (TPSA) is 77.1 Å². The molecule has 2 heterocycles. The molecule has 3 aromatic rings. The number of rotatable bonds is 7. The fraction of sp³-hybridized carbons (Fsp3) is 0.286. The Morgan fingerprint density at radius 2 is 1.85 bits per heavy atom. The van der Waals surface area contributed by atoms with E-state index >= 15 is 0 Å². The van der Waals surface area contributed by atoms with Gasteiger partial charge in [0, 0.05) is 30.8 Å². The van der Waals surface area contributed by atoms with Crippen LogP contribution in [0.1, 0.15) is 34.6 Å². The molecule has 0 radical (unpaired) electrons. The SMILES string of the molecule is Cc1noc(C)c1CCC(=O)NCc1ccc(Cn2ccccc2=O)cc1. The minimum absolute atomic E-state index is 0.00471. The number of carbonyl (C=O) groups is 1. The summed E-state index contributed by atoms with van der Waals surface area (Å²) in [6.45, 7) is 4.75. The van der Waals surface area contributed by atoms with E-state index in [-0.39, 0.29) is 11.5 Å². The average Bonchev–Trinajstić information content (AvgIpc) is 2.99. The van der Waals surface area contributed by atoms with E-state index in [1.807, 2.05) is 44.2 Å². The number of benzene rings is 1. The van der Waals surface area contributed by atoms with Gasteiger partial charge in [-0.2, -0.15) is 0 Å². The van der Waals surface area contributed by atoms with Crippen molar-refractivity contribution < 1.29 is 9.32 Å². The van der Waals surface area contributed by atoms with Crippen LogP contribution >= 0.6 is 0 Å². The number of hydrogen-bond donors (Lipinski definition) is 1. The molecule has 1 aromatic carbocycles. The van der Waals surface area contributed by atoms with Crippen LogP contribution in [0.5, 0.6) is 0 Å². The number of nitrogens with zero attached hydrogens (tertiary/aromatic N) is 2. The molecule has 0 saturated heterocycles. The molecule has 0 aliphatic rings. The van der Waals surface area contributed by atoms with Crippen molar-refractivity contribution in [1.29, 1.82) is 0 Å². The monoisotopic (exact) mass is 365 g/mol. The van der Waals surface area contributed by atoms with Crippen molar-refractivity contribution in [3.05, 3.63) is 87.2 Å². The molecule has 0 fully saturated rings. The third-order valence-corrected chi connectivity index (χ3v) is 4.55. The minimum atomic E-state index is -0.0212. The van der Waals surface area contributed by atoms with Gasteiger partial charge in [0.1, 0.15) is 5.76 Å². The Kier molecular flexibility index (Phi) is 5.86. The summed E-state index contributed by atoms with van der Waals surface area (Å²) in [6.07, 6.45) is 2.80. The van der Waals surface area contributed by atoms with Crippen molar-refractivity contribution in [2.45, 2.75) is 39.8 Å². The third-order valence-electron chi connectivity index (χ3n) is 4.55. The summed E-state index contributed by atoms with van der Waals surface area (Å²) in [5.41, 5.74) is 3.88. The van der Waals surface area contributed by atoms with E-state index in [1.165, 1.54) is 0 Å². The Bertz CT molecular complexity index is 951. The van der Waals surface area contributed by atoms with Crippen LogP contribution in [-0.2, 0) is 24.3 Å². The first-order chi connectivity index (χ1) is 13.0. The maximum Gasteiger partial charge on any atom is 0.250 e. The van der Waals surface area contributed by atoms with E-state index in [2.05, 4.69) is 10.5 Å². The molecular weight excluding hydrogens is 342 g/mol. The molecule has 140 valence electrons. The summed E-state index contributed by atoms with van der Waals surface area (Å²) in [5, 5.41) is 6.84. The maximum absolute atomic E-state index is 12.1. The van der Waals surface area contributed by atoms with E-state index in [0.717, 1.165) is 28.1 Å². The highest BCUT2D eigenvalue weighted by Crippen LogP contribution is 2.14. The predicted molar refractivity (Wildman–Crippen MR) is 102 cm³/mol. The standard InChI is InChI=1S/C21H23N3O3/c1-15-19(16(2)27-23-15)10-11-20(25)22-13-17-6-8-18(9-7-17)14-24-12-4-3-5-21(24)26/h3-9,12H,10-11,13-14H2,1-2H3,(H,22,25). The van der Waals surface area contributed by atoms with Crippen LogP contribution in [-0.4, -0.2) is 15.6 Å². The zero-order chi connectivity index (χ0) is 19.2. The molecule has 6 nitrogen and oxygen atoms in total. The number of carbonyl (C=O) groups excluding carboxylic acids is 1. The molecule has 0 aliphatic heterocycles. The molecule has 1 N–H and O–H groups in total. The Balaban J connectivity index is 1.49. The summed E-state index contributed by atoms with van der Waals surface area (Å²) in [6, 6.07) is 13.0. The van der Waals surface area contributed by atoms with Crippen molar-refractivity contribution in [1.82, 2.24) is 15.0 Å². The van der Waals surface area contributed by atoms with Gasteiger partial charge in [-0.25, -0.2) is 0 Å². The van der Waals surface area contributed by atoms with Gasteiger partial charge < -0.3 is 14.4 Å². The molecule has 3 rings (SSSR count). The van der Waals surface area contributed by atoms with Crippen LogP contribution in [0.25, 0.3) is 0 Å². The summed E-state index contributed by atoms with van der Waals surface area (Å²) in [5.74, 6) is 0.767. The molecule has 1 amide bonds. The lowest BCUT2D eigenvalue weighted by molar-refractivity contribution is -0.121. The van der Waals surface area contributed by atoms with Gasteiger partial charge in [0.15, 0.2) is 0 Å². The minimum Gasteiger partial charge on any atom is -0.361 e. The number of nitrogens with one attached hydrogen (secondary N) is 1. The number of pyridine rings is 1. The van der Waals surface area contributed by atoms with Crippen molar-refractivity contribution in [3.8, 4) is 0 Å². The Hall–Kier alpha value is -3.15. The molecule has 0 bridgehead atoms. The second kappa shape index (κ2) is 8.49. The van der Waals surface area contributed by atoms with Crippen LogP contribution in [0.2, 0.25) is 0 Å². The molecular formula is C21H23N3O3. The van der Waals surface area contributed by atoms with Crippen LogP contribution < -0.4 is 10.9 Å². The van der Waals surface area contributed by atoms with Crippen LogP contribution in [0.3, 0.4) is 0 Å². The van der Waals surface area contributed by atoms with Gasteiger partial charge in [-0.05, 0) is 37.5 Å². The number of hydrogen-bond acceptors (Lipinski definition) is 4. The van der Waals surface area contributed by atoms with E-state index in [9.17, 15) is 9.59 Å². The lowest BCUT2D eigenvalue weighted by atomic mass is 10.1. The van der Waals surface area contributed by atoms with Gasteiger partial charge in [-0.1, -0.05) is 35.5 Å². The average molecular weight is 365 g/mol. The molecule has 0 spiro atoms. The van der Waals surface area contributed by atoms with Crippen LogP contribution in [0, 0.1) is 13.8 Å². The van der Waals surface area contributed by atoms with E-state index in [0.29, 0.717) is 25.9 Å². The molecule has 0 saturated carbocycles. The lowest BCUT2D eigenvalue weighted by Crippen LogP contribution is -2.23. The first-order valence-corrected chi connectivity index (χ1v) is 8.94. The highest BCUT2D eigenvalue weighted by molar-refractivity contribution is 5.76. The molecule has 6 heteroatoms. The van der Waals surface area contributed by atoms with Crippen LogP contribution in [0.4, 0.5) is 0 Å². The summed E-state index contributed by atoms with van der Waals surface area (Å²) in [7, 11) is 0. The second-order valence-electron chi connectivity index (χ2n) is 6.56. The molecule has 0 unspecified atom stereocenters. The molecule has 27 heavy (non-hydrogen) atoms. The Morgan fingerprint density at radius 1 is 1.11 bits per heavy atom. The number of aromatic nitrogens is 2. The summed E-state index contributed by atoms with van der Waals surface area (Å²) < 4.78 is 6.77. The number of amides is 1. The summed E-state index contributed by atoms with van der Waals surface area (Å²) in [4.78, 5) is 23.8. The van der Waals surface area contributed by atoms with E-state index in [1.54, 1.807) is 22.9 Å². The van der Waals surface area contributed by atoms with Gasteiger partial charge in [-0.3, -0.25) is 9.59 Å². The predicted octanol–water partition coefficient (Wildman–Crippen LogP) is 2.75. The Morgan fingerprint density at radius 3 is 2.52 bits per heavy atom. The van der Waals surface area contributed by atoms with Gasteiger partial charge in [0.05, 0.1) is 12.2 Å². The van der Waals surface area contributed by atoms with E-state index < -0.39 is 0 Å². The smallest absolute Gasteiger partial charge is 0.250 e. The second-order valence-corrected chi connectivity index (χ2v) is 6.56. The van der Waals surface area contributed by atoms with Gasteiger partial charge >= 0.3 is 0 Å².